The third-order valence-corrected chi connectivity index (χ3v) is 5.13. The van der Waals surface area contributed by atoms with Gasteiger partial charge in [0.15, 0.2) is 5.82 Å². The lowest BCUT2D eigenvalue weighted by atomic mass is 9.98. The summed E-state index contributed by atoms with van der Waals surface area (Å²) in [7, 11) is 0. The topological polar surface area (TPSA) is 86.4 Å². The maximum atomic E-state index is 5.73. The van der Waals surface area contributed by atoms with Crippen LogP contribution in [0.15, 0.2) is 23.1 Å². The molecule has 0 saturated carbocycles. The minimum Gasteiger partial charge on any atom is -0.476 e. The van der Waals surface area contributed by atoms with Gasteiger partial charge < -0.3 is 14.0 Å². The number of piperidine rings is 1. The average molecular weight is 359 g/mol. The zero-order valence-corrected chi connectivity index (χ0v) is 14.9. The Balaban J connectivity index is 1.21. The van der Waals surface area contributed by atoms with Crippen LogP contribution in [-0.2, 0) is 11.3 Å². The molecule has 0 amide bonds. The fourth-order valence-corrected chi connectivity index (χ4v) is 3.52. The number of hydrogen-bond donors (Lipinski definition) is 0. The van der Waals surface area contributed by atoms with Crippen molar-refractivity contribution in [2.45, 2.75) is 38.1 Å². The van der Waals surface area contributed by atoms with Crippen LogP contribution in [-0.4, -0.2) is 57.9 Å². The van der Waals surface area contributed by atoms with Crippen molar-refractivity contribution in [2.75, 3.05) is 32.9 Å². The van der Waals surface area contributed by atoms with Gasteiger partial charge in [-0.05, 0) is 44.7 Å². The first-order valence-corrected chi connectivity index (χ1v) is 9.38. The average Bonchev–Trinajstić information content (AvgIpc) is 3.17. The Morgan fingerprint density at radius 2 is 1.96 bits per heavy atom. The minimum absolute atomic E-state index is 0.356. The molecule has 0 radical (unpaired) electrons. The molecule has 0 bridgehead atoms. The lowest BCUT2D eigenvalue weighted by Crippen LogP contribution is -2.35. The summed E-state index contributed by atoms with van der Waals surface area (Å²) in [5.74, 6) is 3.07. The van der Waals surface area contributed by atoms with Gasteiger partial charge in [0.25, 0.3) is 0 Å². The summed E-state index contributed by atoms with van der Waals surface area (Å²) in [6, 6.07) is 0. The van der Waals surface area contributed by atoms with Gasteiger partial charge in [0.2, 0.25) is 11.8 Å². The van der Waals surface area contributed by atoms with Gasteiger partial charge in [-0.3, -0.25) is 9.88 Å². The maximum Gasteiger partial charge on any atom is 0.232 e. The lowest BCUT2D eigenvalue weighted by Gasteiger charge is -2.30. The predicted octanol–water partition coefficient (Wildman–Crippen LogP) is 2.04. The quantitative estimate of drug-likeness (QED) is 0.774. The van der Waals surface area contributed by atoms with Crippen LogP contribution in [0.5, 0.6) is 5.88 Å². The first-order valence-electron chi connectivity index (χ1n) is 9.38. The smallest absolute Gasteiger partial charge is 0.232 e. The zero-order valence-electron chi connectivity index (χ0n) is 14.9. The molecule has 4 rings (SSSR count). The van der Waals surface area contributed by atoms with Crippen LogP contribution in [0.1, 0.15) is 43.3 Å². The number of rotatable bonds is 6. The fraction of sp³-hybridized carbons (Fsp3) is 0.667. The molecule has 2 aromatic rings. The van der Waals surface area contributed by atoms with Crippen LogP contribution in [0.25, 0.3) is 0 Å². The lowest BCUT2D eigenvalue weighted by molar-refractivity contribution is 0.0778. The van der Waals surface area contributed by atoms with E-state index in [1.54, 1.807) is 18.6 Å². The molecule has 0 aromatic carbocycles. The molecule has 0 spiro atoms. The van der Waals surface area contributed by atoms with Crippen LogP contribution in [0.4, 0.5) is 0 Å². The maximum absolute atomic E-state index is 5.73. The predicted molar refractivity (Wildman–Crippen MR) is 92.6 cm³/mol. The SMILES string of the molecule is c1cnc(OCC2CCN(Cc3noc(C4CCOCC4)n3)CC2)cn1. The molecule has 140 valence electrons. The molecular formula is C18H25N5O3. The third kappa shape index (κ3) is 4.56. The van der Waals surface area contributed by atoms with E-state index in [1.807, 2.05) is 0 Å². The number of hydrogen-bond acceptors (Lipinski definition) is 8. The van der Waals surface area contributed by atoms with E-state index < -0.39 is 0 Å². The second-order valence-corrected chi connectivity index (χ2v) is 7.01. The molecule has 0 unspecified atom stereocenters. The Morgan fingerprint density at radius 1 is 1.12 bits per heavy atom. The van der Waals surface area contributed by atoms with Crippen molar-refractivity contribution in [3.05, 3.63) is 30.3 Å². The monoisotopic (exact) mass is 359 g/mol. The van der Waals surface area contributed by atoms with Gasteiger partial charge in [-0.1, -0.05) is 5.16 Å². The second-order valence-electron chi connectivity index (χ2n) is 7.01. The van der Waals surface area contributed by atoms with Gasteiger partial charge in [0.05, 0.1) is 19.3 Å². The van der Waals surface area contributed by atoms with Crippen LogP contribution in [0.3, 0.4) is 0 Å². The highest BCUT2D eigenvalue weighted by Crippen LogP contribution is 2.26. The van der Waals surface area contributed by atoms with Crippen molar-refractivity contribution >= 4 is 0 Å². The highest BCUT2D eigenvalue weighted by atomic mass is 16.5. The highest BCUT2D eigenvalue weighted by Gasteiger charge is 2.24. The second kappa shape index (κ2) is 8.55. The van der Waals surface area contributed by atoms with Gasteiger partial charge in [0.1, 0.15) is 0 Å². The van der Waals surface area contributed by atoms with E-state index in [0.717, 1.165) is 70.2 Å². The van der Waals surface area contributed by atoms with E-state index in [9.17, 15) is 0 Å². The minimum atomic E-state index is 0.356. The zero-order chi connectivity index (χ0) is 17.6. The molecule has 26 heavy (non-hydrogen) atoms. The van der Waals surface area contributed by atoms with Crippen molar-refractivity contribution < 1.29 is 14.0 Å². The van der Waals surface area contributed by atoms with Crippen molar-refractivity contribution in [3.8, 4) is 5.88 Å². The van der Waals surface area contributed by atoms with E-state index in [2.05, 4.69) is 25.0 Å². The van der Waals surface area contributed by atoms with Crippen LogP contribution < -0.4 is 4.74 Å². The first-order chi connectivity index (χ1) is 12.9. The molecule has 2 aromatic heterocycles. The van der Waals surface area contributed by atoms with Gasteiger partial charge in [-0.15, -0.1) is 0 Å². The Hall–Kier alpha value is -2.06. The summed E-state index contributed by atoms with van der Waals surface area (Å²) in [5.41, 5.74) is 0. The van der Waals surface area contributed by atoms with Crippen molar-refractivity contribution in [1.29, 1.82) is 0 Å². The van der Waals surface area contributed by atoms with Crippen molar-refractivity contribution in [3.63, 3.8) is 0 Å². The molecular weight excluding hydrogens is 334 g/mol. The number of aromatic nitrogens is 4. The van der Waals surface area contributed by atoms with Gasteiger partial charge in [-0.2, -0.15) is 4.98 Å². The van der Waals surface area contributed by atoms with Gasteiger partial charge in [0, 0.05) is 31.5 Å². The molecule has 2 aliphatic rings. The van der Waals surface area contributed by atoms with E-state index in [1.165, 1.54) is 0 Å². The van der Waals surface area contributed by atoms with E-state index >= 15 is 0 Å². The molecule has 0 atom stereocenters. The number of nitrogens with zero attached hydrogens (tertiary/aromatic N) is 5. The van der Waals surface area contributed by atoms with Crippen LogP contribution in [0.2, 0.25) is 0 Å². The molecule has 8 nitrogen and oxygen atoms in total. The normalized spacial score (nSPS) is 20.3. The summed E-state index contributed by atoms with van der Waals surface area (Å²) in [5, 5.41) is 4.17. The number of likely N-dealkylation sites (tertiary alicyclic amines) is 1. The molecule has 2 fully saturated rings. The van der Waals surface area contributed by atoms with E-state index in [0.29, 0.717) is 24.3 Å². The summed E-state index contributed by atoms with van der Waals surface area (Å²) in [6.07, 6.45) is 9.10. The van der Waals surface area contributed by atoms with Gasteiger partial charge >= 0.3 is 0 Å². The number of ether oxygens (including phenoxy) is 2. The Labute approximate surface area is 152 Å². The van der Waals surface area contributed by atoms with E-state index in [4.69, 9.17) is 14.0 Å². The summed E-state index contributed by atoms with van der Waals surface area (Å²) in [6.45, 7) is 5.07. The largest absolute Gasteiger partial charge is 0.476 e. The first kappa shape index (κ1) is 17.4. The van der Waals surface area contributed by atoms with Crippen LogP contribution >= 0.6 is 0 Å². The van der Waals surface area contributed by atoms with Gasteiger partial charge in [-0.25, -0.2) is 4.98 Å². The van der Waals surface area contributed by atoms with E-state index in [-0.39, 0.29) is 0 Å². The molecule has 8 heteroatoms. The van der Waals surface area contributed by atoms with Crippen molar-refractivity contribution in [2.24, 2.45) is 5.92 Å². The third-order valence-electron chi connectivity index (χ3n) is 5.13. The summed E-state index contributed by atoms with van der Waals surface area (Å²) >= 11 is 0. The molecule has 2 aliphatic heterocycles. The Kier molecular flexibility index (Phi) is 5.71. The molecule has 4 heterocycles. The molecule has 2 saturated heterocycles. The fourth-order valence-electron chi connectivity index (χ4n) is 3.52. The van der Waals surface area contributed by atoms with Crippen LogP contribution in [0, 0.1) is 5.92 Å². The highest BCUT2D eigenvalue weighted by molar-refractivity contribution is 5.01. The Bertz CT molecular complexity index is 666. The standard InChI is InChI=1S/C18H25N5O3/c1-7-23(8-2-14(1)13-25-17-11-19-5-6-20-17)12-16-21-18(26-22-16)15-3-9-24-10-4-15/h5-6,11,14-15H,1-4,7-10,12-13H2. The molecule has 0 N–H and O–H groups in total. The molecule has 0 aliphatic carbocycles. The summed E-state index contributed by atoms with van der Waals surface area (Å²) < 4.78 is 16.6. The Morgan fingerprint density at radius 3 is 2.73 bits per heavy atom. The summed E-state index contributed by atoms with van der Waals surface area (Å²) in [4.78, 5) is 15.2. The van der Waals surface area contributed by atoms with Crippen molar-refractivity contribution in [1.82, 2.24) is 25.0 Å².